The largest absolute Gasteiger partial charge is 0.296 e. The van der Waals surface area contributed by atoms with Crippen LogP contribution < -0.4 is 0 Å². The minimum atomic E-state index is 0.714. The number of aliphatic imine (C=N–C) groups is 1. The third-order valence-electron chi connectivity index (χ3n) is 4.15. The van der Waals surface area contributed by atoms with Crippen LogP contribution >= 0.6 is 0 Å². The van der Waals surface area contributed by atoms with E-state index in [1.165, 1.54) is 30.5 Å². The van der Waals surface area contributed by atoms with Crippen molar-refractivity contribution in [2.75, 3.05) is 6.54 Å². The minimum absolute atomic E-state index is 0.714. The molecule has 0 N–H and O–H groups in total. The highest BCUT2D eigenvalue weighted by molar-refractivity contribution is 5.82. The minimum Gasteiger partial charge on any atom is -0.296 e. The van der Waals surface area contributed by atoms with Gasteiger partial charge in [-0.05, 0) is 55.6 Å². The van der Waals surface area contributed by atoms with E-state index in [0.29, 0.717) is 6.04 Å². The van der Waals surface area contributed by atoms with Crippen LogP contribution in [0.4, 0.5) is 5.69 Å². The molecular formula is C19H22N2. The fourth-order valence-corrected chi connectivity index (χ4v) is 2.90. The van der Waals surface area contributed by atoms with Gasteiger partial charge in [-0.2, -0.15) is 0 Å². The molecule has 3 rings (SSSR count). The molecule has 108 valence electrons. The fourth-order valence-electron chi connectivity index (χ4n) is 2.90. The van der Waals surface area contributed by atoms with Crippen molar-refractivity contribution in [1.29, 1.82) is 0 Å². The highest BCUT2D eigenvalue weighted by atomic mass is 15.2. The third-order valence-corrected chi connectivity index (χ3v) is 4.15. The zero-order valence-corrected chi connectivity index (χ0v) is 12.6. The van der Waals surface area contributed by atoms with Crippen molar-refractivity contribution in [3.8, 4) is 0 Å². The van der Waals surface area contributed by atoms with Gasteiger partial charge in [-0.1, -0.05) is 36.4 Å². The van der Waals surface area contributed by atoms with Crippen molar-refractivity contribution in [3.63, 3.8) is 0 Å². The van der Waals surface area contributed by atoms with Gasteiger partial charge in [0.2, 0.25) is 0 Å². The van der Waals surface area contributed by atoms with Crippen LogP contribution in [0.3, 0.4) is 0 Å². The van der Waals surface area contributed by atoms with Crippen molar-refractivity contribution >= 4 is 11.9 Å². The Balaban J connectivity index is 1.70. The van der Waals surface area contributed by atoms with Crippen molar-refractivity contribution in [1.82, 2.24) is 4.90 Å². The number of nitrogens with zero attached hydrogens (tertiary/aromatic N) is 2. The topological polar surface area (TPSA) is 15.6 Å². The average Bonchev–Trinajstić information content (AvgIpc) is 2.92. The van der Waals surface area contributed by atoms with E-state index in [1.807, 2.05) is 36.5 Å². The number of para-hydroxylation sites is 1. The molecule has 1 heterocycles. The Bertz CT molecular complexity index is 604. The SMILES string of the molecule is CC1CCCN1Cc1cccc(C=Nc2ccccc2)c1. The molecule has 21 heavy (non-hydrogen) atoms. The Hall–Kier alpha value is -1.93. The molecule has 0 spiro atoms. The fraction of sp³-hybridized carbons (Fsp3) is 0.316. The van der Waals surface area contributed by atoms with Gasteiger partial charge >= 0.3 is 0 Å². The average molecular weight is 278 g/mol. The summed E-state index contributed by atoms with van der Waals surface area (Å²) in [7, 11) is 0. The molecule has 1 saturated heterocycles. The maximum Gasteiger partial charge on any atom is 0.0629 e. The molecule has 1 aliphatic heterocycles. The van der Waals surface area contributed by atoms with Gasteiger partial charge < -0.3 is 0 Å². The molecule has 0 saturated carbocycles. The summed E-state index contributed by atoms with van der Waals surface area (Å²) >= 11 is 0. The van der Waals surface area contributed by atoms with E-state index in [9.17, 15) is 0 Å². The van der Waals surface area contributed by atoms with Gasteiger partial charge in [0.15, 0.2) is 0 Å². The van der Waals surface area contributed by atoms with Crippen LogP contribution in [-0.4, -0.2) is 23.7 Å². The summed E-state index contributed by atoms with van der Waals surface area (Å²) in [5.41, 5.74) is 3.54. The second-order valence-electron chi connectivity index (χ2n) is 5.80. The van der Waals surface area contributed by atoms with Crippen molar-refractivity contribution < 1.29 is 0 Å². The summed E-state index contributed by atoms with van der Waals surface area (Å²) < 4.78 is 0. The van der Waals surface area contributed by atoms with Crippen molar-refractivity contribution in [3.05, 3.63) is 65.7 Å². The van der Waals surface area contributed by atoms with Gasteiger partial charge in [-0.3, -0.25) is 9.89 Å². The number of hydrogen-bond donors (Lipinski definition) is 0. The van der Waals surface area contributed by atoms with Gasteiger partial charge in [0.1, 0.15) is 0 Å². The molecule has 2 heteroatoms. The molecule has 0 bridgehead atoms. The Labute approximate surface area is 127 Å². The standard InChI is InChI=1S/C19H22N2/c1-16-7-6-12-21(16)15-18-9-5-8-17(13-18)14-20-19-10-3-2-4-11-19/h2-5,8-11,13-14,16H,6-7,12,15H2,1H3. The molecule has 0 radical (unpaired) electrons. The van der Waals surface area contributed by atoms with E-state index in [2.05, 4.69) is 41.1 Å². The first kappa shape index (κ1) is 14.0. The lowest BCUT2D eigenvalue weighted by atomic mass is 10.1. The lowest BCUT2D eigenvalue weighted by Crippen LogP contribution is -2.26. The summed E-state index contributed by atoms with van der Waals surface area (Å²) in [6.45, 7) is 4.60. The number of rotatable bonds is 4. The van der Waals surface area contributed by atoms with Gasteiger partial charge in [-0.25, -0.2) is 0 Å². The molecule has 0 aliphatic carbocycles. The van der Waals surface area contributed by atoms with Crippen LogP contribution in [0, 0.1) is 0 Å². The summed E-state index contributed by atoms with van der Waals surface area (Å²) in [5.74, 6) is 0. The van der Waals surface area contributed by atoms with E-state index >= 15 is 0 Å². The van der Waals surface area contributed by atoms with E-state index in [-0.39, 0.29) is 0 Å². The first-order valence-corrected chi connectivity index (χ1v) is 7.73. The first-order valence-electron chi connectivity index (χ1n) is 7.73. The molecule has 1 aliphatic rings. The van der Waals surface area contributed by atoms with Gasteiger partial charge in [0.25, 0.3) is 0 Å². The predicted molar refractivity (Wildman–Crippen MR) is 89.2 cm³/mol. The monoisotopic (exact) mass is 278 g/mol. The quantitative estimate of drug-likeness (QED) is 0.756. The molecule has 1 unspecified atom stereocenters. The van der Waals surface area contributed by atoms with E-state index < -0.39 is 0 Å². The van der Waals surface area contributed by atoms with Crippen LogP contribution in [0.5, 0.6) is 0 Å². The zero-order valence-electron chi connectivity index (χ0n) is 12.6. The Morgan fingerprint density at radius 2 is 2.00 bits per heavy atom. The number of hydrogen-bond acceptors (Lipinski definition) is 2. The van der Waals surface area contributed by atoms with Crippen LogP contribution in [0.1, 0.15) is 30.9 Å². The van der Waals surface area contributed by atoms with Gasteiger partial charge in [0, 0.05) is 18.8 Å². The molecule has 2 aromatic rings. The second kappa shape index (κ2) is 6.68. The third kappa shape index (κ3) is 3.79. The van der Waals surface area contributed by atoms with Crippen LogP contribution in [0.25, 0.3) is 0 Å². The molecule has 1 atom stereocenters. The molecule has 0 amide bonds. The first-order chi connectivity index (χ1) is 10.3. The molecule has 2 nitrogen and oxygen atoms in total. The Kier molecular flexibility index (Phi) is 4.46. The lowest BCUT2D eigenvalue weighted by molar-refractivity contribution is 0.260. The Morgan fingerprint density at radius 1 is 1.14 bits per heavy atom. The Morgan fingerprint density at radius 3 is 2.76 bits per heavy atom. The lowest BCUT2D eigenvalue weighted by Gasteiger charge is -2.21. The number of benzene rings is 2. The summed E-state index contributed by atoms with van der Waals surface area (Å²) in [6.07, 6.45) is 4.61. The molecular weight excluding hydrogens is 256 g/mol. The summed E-state index contributed by atoms with van der Waals surface area (Å²) in [4.78, 5) is 7.09. The maximum absolute atomic E-state index is 4.53. The van der Waals surface area contributed by atoms with E-state index in [4.69, 9.17) is 0 Å². The van der Waals surface area contributed by atoms with Crippen LogP contribution in [-0.2, 0) is 6.54 Å². The highest BCUT2D eigenvalue weighted by Crippen LogP contribution is 2.19. The van der Waals surface area contributed by atoms with Crippen molar-refractivity contribution in [2.45, 2.75) is 32.4 Å². The zero-order chi connectivity index (χ0) is 14.5. The molecule has 1 fully saturated rings. The molecule has 0 aromatic heterocycles. The van der Waals surface area contributed by atoms with E-state index in [1.54, 1.807) is 0 Å². The van der Waals surface area contributed by atoms with Gasteiger partial charge in [-0.15, -0.1) is 0 Å². The smallest absolute Gasteiger partial charge is 0.0629 e. The van der Waals surface area contributed by atoms with Crippen molar-refractivity contribution in [2.24, 2.45) is 4.99 Å². The maximum atomic E-state index is 4.53. The predicted octanol–water partition coefficient (Wildman–Crippen LogP) is 4.42. The molecule has 2 aromatic carbocycles. The van der Waals surface area contributed by atoms with E-state index in [0.717, 1.165) is 12.2 Å². The normalized spacial score (nSPS) is 19.4. The summed E-state index contributed by atoms with van der Waals surface area (Å²) in [5, 5.41) is 0. The highest BCUT2D eigenvalue weighted by Gasteiger charge is 2.19. The summed E-state index contributed by atoms with van der Waals surface area (Å²) in [6, 6.07) is 19.5. The second-order valence-corrected chi connectivity index (χ2v) is 5.80. The van der Waals surface area contributed by atoms with Crippen LogP contribution in [0.15, 0.2) is 59.6 Å². The van der Waals surface area contributed by atoms with Crippen LogP contribution in [0.2, 0.25) is 0 Å². The van der Waals surface area contributed by atoms with Gasteiger partial charge in [0.05, 0.1) is 5.69 Å². The number of likely N-dealkylation sites (tertiary alicyclic amines) is 1.